The van der Waals surface area contributed by atoms with Crippen LogP contribution in [-0.2, 0) is 9.53 Å². The van der Waals surface area contributed by atoms with Crippen LogP contribution in [0.5, 0.6) is 0 Å². The standard InChI is InChI=1S/C14H17N3O2S2/c1-14(7-19-8-14)6-16-12(18)5-20-13-17-10-3-2-9(15)4-11(10)21-13/h2-4H,5-8,15H2,1H3,(H,16,18). The second-order valence-electron chi connectivity index (χ2n) is 5.58. The van der Waals surface area contributed by atoms with E-state index in [1.54, 1.807) is 11.3 Å². The van der Waals surface area contributed by atoms with Crippen LogP contribution in [0.25, 0.3) is 10.2 Å². The Labute approximate surface area is 131 Å². The molecule has 1 fully saturated rings. The maximum Gasteiger partial charge on any atom is 0.230 e. The molecule has 0 saturated carbocycles. The molecule has 3 N–H and O–H groups in total. The minimum atomic E-state index is 0.0342. The van der Waals surface area contributed by atoms with Gasteiger partial charge in [-0.2, -0.15) is 0 Å². The Hall–Kier alpha value is -1.31. The number of anilines is 1. The average Bonchev–Trinajstić information content (AvgIpc) is 2.82. The fraction of sp³-hybridized carbons (Fsp3) is 0.429. The van der Waals surface area contributed by atoms with Crippen molar-refractivity contribution in [2.75, 3.05) is 31.2 Å². The lowest BCUT2D eigenvalue weighted by molar-refractivity contribution is -0.124. The second-order valence-corrected chi connectivity index (χ2v) is 7.83. The van der Waals surface area contributed by atoms with Gasteiger partial charge in [0.2, 0.25) is 5.91 Å². The summed E-state index contributed by atoms with van der Waals surface area (Å²) in [5, 5.41) is 2.96. The third kappa shape index (κ3) is 3.48. The number of nitrogens with one attached hydrogen (secondary N) is 1. The number of nitrogens with two attached hydrogens (primary N) is 1. The Kier molecular flexibility index (Phi) is 4.05. The number of aromatic nitrogens is 1. The van der Waals surface area contributed by atoms with Crippen LogP contribution in [0.15, 0.2) is 22.5 Å². The first-order valence-electron chi connectivity index (χ1n) is 6.67. The van der Waals surface area contributed by atoms with E-state index in [0.29, 0.717) is 12.3 Å². The maximum atomic E-state index is 11.9. The van der Waals surface area contributed by atoms with Gasteiger partial charge in [-0.1, -0.05) is 18.7 Å². The highest BCUT2D eigenvalue weighted by Crippen LogP contribution is 2.30. The molecule has 5 nitrogen and oxygen atoms in total. The van der Waals surface area contributed by atoms with Gasteiger partial charge in [-0.15, -0.1) is 11.3 Å². The number of ether oxygens (including phenoxy) is 1. The number of fused-ring (bicyclic) bond motifs is 1. The normalized spacial score (nSPS) is 16.6. The summed E-state index contributed by atoms with van der Waals surface area (Å²) in [4.78, 5) is 16.3. The summed E-state index contributed by atoms with van der Waals surface area (Å²) in [5.74, 6) is 0.415. The number of rotatable bonds is 5. The van der Waals surface area contributed by atoms with E-state index >= 15 is 0 Å². The first kappa shape index (κ1) is 14.6. The monoisotopic (exact) mass is 323 g/mol. The van der Waals surface area contributed by atoms with Crippen LogP contribution < -0.4 is 11.1 Å². The number of hydrogen-bond donors (Lipinski definition) is 2. The van der Waals surface area contributed by atoms with E-state index in [1.807, 2.05) is 18.2 Å². The molecule has 0 atom stereocenters. The smallest absolute Gasteiger partial charge is 0.230 e. The van der Waals surface area contributed by atoms with Crippen LogP contribution in [-0.4, -0.2) is 36.4 Å². The van der Waals surface area contributed by atoms with Crippen LogP contribution in [0.3, 0.4) is 0 Å². The van der Waals surface area contributed by atoms with Crippen LogP contribution in [0.4, 0.5) is 5.69 Å². The third-order valence-electron chi connectivity index (χ3n) is 3.33. The molecule has 1 aliphatic rings. The summed E-state index contributed by atoms with van der Waals surface area (Å²) >= 11 is 3.02. The van der Waals surface area contributed by atoms with E-state index in [2.05, 4.69) is 17.2 Å². The van der Waals surface area contributed by atoms with E-state index in [9.17, 15) is 4.79 Å². The Morgan fingerprint density at radius 3 is 3.10 bits per heavy atom. The number of hydrogen-bond acceptors (Lipinski definition) is 6. The van der Waals surface area contributed by atoms with Gasteiger partial charge in [0.15, 0.2) is 4.34 Å². The Balaban J connectivity index is 1.52. The molecule has 2 aromatic rings. The number of benzene rings is 1. The molecular formula is C14H17N3O2S2. The van der Waals surface area contributed by atoms with Gasteiger partial charge < -0.3 is 15.8 Å². The molecule has 2 heterocycles. The van der Waals surface area contributed by atoms with Crippen LogP contribution >= 0.6 is 23.1 Å². The van der Waals surface area contributed by atoms with Gasteiger partial charge in [0.05, 0.1) is 29.2 Å². The molecule has 0 unspecified atom stereocenters. The molecule has 0 bridgehead atoms. The topological polar surface area (TPSA) is 77.2 Å². The first-order chi connectivity index (χ1) is 10.0. The predicted molar refractivity (Wildman–Crippen MR) is 86.7 cm³/mol. The SMILES string of the molecule is CC1(CNC(=O)CSc2nc3ccc(N)cc3s2)COC1. The van der Waals surface area contributed by atoms with E-state index in [4.69, 9.17) is 10.5 Å². The number of amides is 1. The fourth-order valence-electron chi connectivity index (χ4n) is 2.02. The van der Waals surface area contributed by atoms with Gasteiger partial charge >= 0.3 is 0 Å². The zero-order chi connectivity index (χ0) is 14.9. The largest absolute Gasteiger partial charge is 0.399 e. The number of nitrogens with zero attached hydrogens (tertiary/aromatic N) is 1. The average molecular weight is 323 g/mol. The quantitative estimate of drug-likeness (QED) is 0.651. The molecule has 0 aliphatic carbocycles. The Bertz CT molecular complexity index is 667. The van der Waals surface area contributed by atoms with Crippen molar-refractivity contribution in [3.05, 3.63) is 18.2 Å². The van der Waals surface area contributed by atoms with Gasteiger partial charge in [0, 0.05) is 17.6 Å². The number of thiazole rings is 1. The molecule has 21 heavy (non-hydrogen) atoms. The fourth-order valence-corrected chi connectivity index (χ4v) is 3.97. The number of carbonyl (C=O) groups is 1. The zero-order valence-corrected chi connectivity index (χ0v) is 13.4. The minimum Gasteiger partial charge on any atom is -0.399 e. The molecule has 7 heteroatoms. The Morgan fingerprint density at radius 1 is 1.57 bits per heavy atom. The van der Waals surface area contributed by atoms with E-state index in [-0.39, 0.29) is 11.3 Å². The van der Waals surface area contributed by atoms with Crippen molar-refractivity contribution < 1.29 is 9.53 Å². The van der Waals surface area contributed by atoms with Crippen molar-refractivity contribution in [2.45, 2.75) is 11.3 Å². The second kappa shape index (κ2) is 5.82. The van der Waals surface area contributed by atoms with Gasteiger partial charge in [0.25, 0.3) is 0 Å². The van der Waals surface area contributed by atoms with E-state index in [0.717, 1.165) is 33.5 Å². The summed E-state index contributed by atoms with van der Waals surface area (Å²) in [5.41, 5.74) is 7.52. The maximum absolute atomic E-state index is 11.9. The number of carbonyl (C=O) groups excluding carboxylic acids is 1. The van der Waals surface area contributed by atoms with Crippen molar-refractivity contribution in [1.82, 2.24) is 10.3 Å². The summed E-state index contributed by atoms with van der Waals surface area (Å²) < 4.78 is 7.11. The van der Waals surface area contributed by atoms with Crippen LogP contribution in [0.1, 0.15) is 6.92 Å². The molecule has 1 saturated heterocycles. The minimum absolute atomic E-state index is 0.0342. The highest BCUT2D eigenvalue weighted by molar-refractivity contribution is 8.01. The highest BCUT2D eigenvalue weighted by Gasteiger charge is 2.33. The van der Waals surface area contributed by atoms with Crippen molar-refractivity contribution in [2.24, 2.45) is 5.41 Å². The molecular weight excluding hydrogens is 306 g/mol. The van der Waals surface area contributed by atoms with Gasteiger partial charge in [-0.25, -0.2) is 4.98 Å². The predicted octanol–water partition coefficient (Wildman–Crippen LogP) is 2.12. The van der Waals surface area contributed by atoms with Gasteiger partial charge in [0.1, 0.15) is 0 Å². The molecule has 0 radical (unpaired) electrons. The third-order valence-corrected chi connectivity index (χ3v) is 5.49. The molecule has 1 aliphatic heterocycles. The summed E-state index contributed by atoms with van der Waals surface area (Å²) in [6.45, 7) is 4.23. The van der Waals surface area contributed by atoms with E-state index < -0.39 is 0 Å². The first-order valence-corrected chi connectivity index (χ1v) is 8.48. The number of nitrogen functional groups attached to an aromatic ring is 1. The zero-order valence-electron chi connectivity index (χ0n) is 11.7. The van der Waals surface area contributed by atoms with Crippen molar-refractivity contribution in [3.8, 4) is 0 Å². The lowest BCUT2D eigenvalue weighted by atomic mass is 9.89. The Morgan fingerprint density at radius 2 is 2.38 bits per heavy atom. The molecule has 3 rings (SSSR count). The lowest BCUT2D eigenvalue weighted by Crippen LogP contribution is -2.48. The van der Waals surface area contributed by atoms with Crippen LogP contribution in [0.2, 0.25) is 0 Å². The summed E-state index contributed by atoms with van der Waals surface area (Å²) in [7, 11) is 0. The van der Waals surface area contributed by atoms with Gasteiger partial charge in [-0.3, -0.25) is 4.79 Å². The molecule has 1 aromatic carbocycles. The number of thioether (sulfide) groups is 1. The molecule has 112 valence electrons. The van der Waals surface area contributed by atoms with Crippen molar-refractivity contribution in [3.63, 3.8) is 0 Å². The van der Waals surface area contributed by atoms with Crippen LogP contribution in [0, 0.1) is 5.41 Å². The highest BCUT2D eigenvalue weighted by atomic mass is 32.2. The molecule has 1 aromatic heterocycles. The molecule has 0 spiro atoms. The summed E-state index contributed by atoms with van der Waals surface area (Å²) in [6, 6.07) is 5.65. The van der Waals surface area contributed by atoms with E-state index in [1.165, 1.54) is 11.8 Å². The van der Waals surface area contributed by atoms with Crippen molar-refractivity contribution in [1.29, 1.82) is 0 Å². The molecule has 1 amide bonds. The lowest BCUT2D eigenvalue weighted by Gasteiger charge is -2.37. The van der Waals surface area contributed by atoms with Crippen molar-refractivity contribution >= 4 is 44.9 Å². The summed E-state index contributed by atoms with van der Waals surface area (Å²) in [6.07, 6.45) is 0. The van der Waals surface area contributed by atoms with Gasteiger partial charge in [-0.05, 0) is 18.2 Å².